The second-order valence-corrected chi connectivity index (χ2v) is 5.75. The molecule has 0 spiro atoms. The van der Waals surface area contributed by atoms with Gasteiger partial charge in [0.2, 0.25) is 0 Å². The van der Waals surface area contributed by atoms with Crippen LogP contribution in [0.1, 0.15) is 62.8 Å². The molecule has 2 rings (SSSR count). The van der Waals surface area contributed by atoms with E-state index in [0.29, 0.717) is 6.42 Å². The number of carboxylic acid groups (broad SMARTS) is 1. The average Bonchev–Trinajstić information content (AvgIpc) is 2.48. The van der Waals surface area contributed by atoms with Crippen LogP contribution >= 0.6 is 0 Å². The fourth-order valence-electron chi connectivity index (χ4n) is 3.34. The van der Waals surface area contributed by atoms with Gasteiger partial charge in [0, 0.05) is 11.6 Å². The zero-order valence-corrected chi connectivity index (χ0v) is 12.1. The number of aromatic nitrogens is 1. The first-order valence-electron chi connectivity index (χ1n) is 7.50. The van der Waals surface area contributed by atoms with Gasteiger partial charge in [-0.3, -0.25) is 9.78 Å². The van der Waals surface area contributed by atoms with Crippen LogP contribution in [0.15, 0.2) is 18.2 Å². The maximum Gasteiger partial charge on any atom is 0.306 e. The molecule has 1 aromatic heterocycles. The van der Waals surface area contributed by atoms with Crippen LogP contribution in [-0.2, 0) is 4.79 Å². The molecular formula is C16H21F2NO2. The van der Waals surface area contributed by atoms with E-state index in [2.05, 4.69) is 4.98 Å². The van der Waals surface area contributed by atoms with Crippen LogP contribution in [0.25, 0.3) is 0 Å². The summed E-state index contributed by atoms with van der Waals surface area (Å²) in [6.45, 7) is 1.90. The predicted molar refractivity (Wildman–Crippen MR) is 75.3 cm³/mol. The molecule has 0 amide bonds. The van der Waals surface area contributed by atoms with Crippen LogP contribution in [-0.4, -0.2) is 16.1 Å². The Morgan fingerprint density at radius 1 is 1.33 bits per heavy atom. The number of hydrogen-bond acceptors (Lipinski definition) is 2. The molecule has 0 bridgehead atoms. The highest BCUT2D eigenvalue weighted by molar-refractivity contribution is 5.70. The Morgan fingerprint density at radius 2 is 2.00 bits per heavy atom. The van der Waals surface area contributed by atoms with Crippen molar-refractivity contribution in [1.82, 2.24) is 4.98 Å². The SMILES string of the molecule is CCC(C(=O)O)C1CCC(c2cccc(C(F)F)n2)CC1. The molecule has 1 saturated carbocycles. The number of nitrogens with zero attached hydrogens (tertiary/aromatic N) is 1. The number of halogens is 2. The van der Waals surface area contributed by atoms with Crippen LogP contribution in [0.3, 0.4) is 0 Å². The second-order valence-electron chi connectivity index (χ2n) is 5.75. The van der Waals surface area contributed by atoms with Crippen LogP contribution in [0.2, 0.25) is 0 Å². The summed E-state index contributed by atoms with van der Waals surface area (Å²) >= 11 is 0. The molecule has 21 heavy (non-hydrogen) atoms. The van der Waals surface area contributed by atoms with Crippen molar-refractivity contribution in [1.29, 1.82) is 0 Å². The van der Waals surface area contributed by atoms with Gasteiger partial charge in [0.05, 0.1) is 5.92 Å². The molecule has 1 unspecified atom stereocenters. The quantitative estimate of drug-likeness (QED) is 0.876. The van der Waals surface area contributed by atoms with E-state index in [-0.39, 0.29) is 23.4 Å². The van der Waals surface area contributed by atoms with E-state index in [0.717, 1.165) is 31.4 Å². The lowest BCUT2D eigenvalue weighted by Crippen LogP contribution is -2.27. The molecule has 1 heterocycles. The molecule has 0 aromatic carbocycles. The largest absolute Gasteiger partial charge is 0.481 e. The molecule has 1 aromatic rings. The monoisotopic (exact) mass is 297 g/mol. The Hall–Kier alpha value is -1.52. The van der Waals surface area contributed by atoms with Gasteiger partial charge in [-0.2, -0.15) is 0 Å². The summed E-state index contributed by atoms with van der Waals surface area (Å²) in [5.41, 5.74) is 0.543. The van der Waals surface area contributed by atoms with E-state index in [9.17, 15) is 18.7 Å². The summed E-state index contributed by atoms with van der Waals surface area (Å²) in [5, 5.41) is 9.21. The van der Waals surface area contributed by atoms with Crippen LogP contribution < -0.4 is 0 Å². The van der Waals surface area contributed by atoms with Gasteiger partial charge in [-0.05, 0) is 50.2 Å². The van der Waals surface area contributed by atoms with Gasteiger partial charge in [-0.1, -0.05) is 13.0 Å². The number of pyridine rings is 1. The molecule has 3 nitrogen and oxygen atoms in total. The molecular weight excluding hydrogens is 276 g/mol. The number of aliphatic carboxylic acids is 1. The molecule has 116 valence electrons. The maximum atomic E-state index is 12.7. The number of carbonyl (C=O) groups is 1. The standard InChI is InChI=1S/C16H21F2NO2/c1-2-12(16(20)21)10-6-8-11(9-7-10)13-4-3-5-14(19-13)15(17)18/h3-5,10-12,15H,2,6-9H2,1H3,(H,20,21). The highest BCUT2D eigenvalue weighted by Crippen LogP contribution is 2.39. The Balaban J connectivity index is 2.01. The Bertz CT molecular complexity index is 485. The number of rotatable bonds is 5. The number of hydrogen-bond donors (Lipinski definition) is 1. The lowest BCUT2D eigenvalue weighted by atomic mass is 9.74. The van der Waals surface area contributed by atoms with E-state index < -0.39 is 12.4 Å². The lowest BCUT2D eigenvalue weighted by Gasteiger charge is -2.31. The van der Waals surface area contributed by atoms with E-state index in [1.807, 2.05) is 6.92 Å². The lowest BCUT2D eigenvalue weighted by molar-refractivity contribution is -0.144. The predicted octanol–water partition coefficient (Wildman–Crippen LogP) is 4.40. The van der Waals surface area contributed by atoms with Crippen molar-refractivity contribution >= 4 is 5.97 Å². The van der Waals surface area contributed by atoms with E-state index in [4.69, 9.17) is 0 Å². The van der Waals surface area contributed by atoms with E-state index in [1.165, 1.54) is 6.07 Å². The minimum Gasteiger partial charge on any atom is -0.481 e. The molecule has 1 aliphatic rings. The Labute approximate surface area is 123 Å². The highest BCUT2D eigenvalue weighted by atomic mass is 19.3. The molecule has 5 heteroatoms. The number of carboxylic acids is 1. The van der Waals surface area contributed by atoms with Crippen molar-refractivity contribution in [2.24, 2.45) is 11.8 Å². The maximum absolute atomic E-state index is 12.7. The minimum absolute atomic E-state index is 0.172. The minimum atomic E-state index is -2.54. The molecule has 1 fully saturated rings. The average molecular weight is 297 g/mol. The third-order valence-corrected chi connectivity index (χ3v) is 4.53. The van der Waals surface area contributed by atoms with Gasteiger partial charge in [0.15, 0.2) is 0 Å². The van der Waals surface area contributed by atoms with E-state index >= 15 is 0 Å². The first-order valence-corrected chi connectivity index (χ1v) is 7.50. The molecule has 0 radical (unpaired) electrons. The fourth-order valence-corrected chi connectivity index (χ4v) is 3.34. The van der Waals surface area contributed by atoms with Crippen molar-refractivity contribution < 1.29 is 18.7 Å². The summed E-state index contributed by atoms with van der Waals surface area (Å²) in [6.07, 6.45) is 1.41. The zero-order chi connectivity index (χ0) is 15.4. The van der Waals surface area contributed by atoms with Gasteiger partial charge in [-0.15, -0.1) is 0 Å². The van der Waals surface area contributed by atoms with E-state index in [1.54, 1.807) is 12.1 Å². The van der Waals surface area contributed by atoms with Gasteiger partial charge < -0.3 is 5.11 Å². The van der Waals surface area contributed by atoms with Gasteiger partial charge in [-0.25, -0.2) is 8.78 Å². The van der Waals surface area contributed by atoms with Gasteiger partial charge >= 0.3 is 5.97 Å². The van der Waals surface area contributed by atoms with Gasteiger partial charge in [0.1, 0.15) is 5.69 Å². The summed E-state index contributed by atoms with van der Waals surface area (Å²) in [6, 6.07) is 4.77. The summed E-state index contributed by atoms with van der Waals surface area (Å²) < 4.78 is 25.4. The van der Waals surface area contributed by atoms with Crippen LogP contribution in [0.5, 0.6) is 0 Å². The van der Waals surface area contributed by atoms with Gasteiger partial charge in [0.25, 0.3) is 6.43 Å². The fraction of sp³-hybridized carbons (Fsp3) is 0.625. The summed E-state index contributed by atoms with van der Waals surface area (Å²) in [7, 11) is 0. The van der Waals surface area contributed by atoms with Crippen molar-refractivity contribution in [2.45, 2.75) is 51.4 Å². The second kappa shape index (κ2) is 6.96. The van der Waals surface area contributed by atoms with Crippen molar-refractivity contribution in [3.8, 4) is 0 Å². The van der Waals surface area contributed by atoms with Crippen LogP contribution in [0, 0.1) is 11.8 Å². The molecule has 1 atom stereocenters. The van der Waals surface area contributed by atoms with Crippen molar-refractivity contribution in [3.63, 3.8) is 0 Å². The first-order chi connectivity index (χ1) is 10.0. The molecule has 0 saturated heterocycles. The van der Waals surface area contributed by atoms with Crippen molar-refractivity contribution in [3.05, 3.63) is 29.6 Å². The Morgan fingerprint density at radius 3 is 2.52 bits per heavy atom. The third-order valence-electron chi connectivity index (χ3n) is 4.53. The highest BCUT2D eigenvalue weighted by Gasteiger charge is 2.31. The molecule has 1 N–H and O–H groups in total. The van der Waals surface area contributed by atoms with Crippen molar-refractivity contribution in [2.75, 3.05) is 0 Å². The smallest absolute Gasteiger partial charge is 0.306 e. The van der Waals surface area contributed by atoms with Crippen LogP contribution in [0.4, 0.5) is 8.78 Å². The molecule has 0 aliphatic heterocycles. The topological polar surface area (TPSA) is 50.2 Å². The summed E-state index contributed by atoms with van der Waals surface area (Å²) in [5.74, 6) is -0.640. The first kappa shape index (κ1) is 15.9. The molecule has 1 aliphatic carbocycles. The number of alkyl halides is 2. The Kier molecular flexibility index (Phi) is 5.26. The zero-order valence-electron chi connectivity index (χ0n) is 12.1. The third kappa shape index (κ3) is 3.77. The normalized spacial score (nSPS) is 24.0. The summed E-state index contributed by atoms with van der Waals surface area (Å²) in [4.78, 5) is 15.3.